The van der Waals surface area contributed by atoms with Crippen LogP contribution in [0.25, 0.3) is 22.2 Å². The van der Waals surface area contributed by atoms with Gasteiger partial charge in [0.1, 0.15) is 0 Å². The smallest absolute Gasteiger partial charge is 0.335 e. The Labute approximate surface area is 202 Å². The van der Waals surface area contributed by atoms with Gasteiger partial charge in [-0.2, -0.15) is 0 Å². The zero-order valence-corrected chi connectivity index (χ0v) is 20.6. The van der Waals surface area contributed by atoms with E-state index in [0.717, 1.165) is 44.4 Å². The molecule has 3 heterocycles. The number of hydrogen-bond donors (Lipinski definition) is 1. The van der Waals surface area contributed by atoms with Crippen LogP contribution in [0.3, 0.4) is 0 Å². The normalized spacial score (nSPS) is 19.5. The topological polar surface area (TPSA) is 45.5 Å². The summed E-state index contributed by atoms with van der Waals surface area (Å²) in [7, 11) is 0. The molecule has 4 nitrogen and oxygen atoms in total. The standard InChI is InChI=1S/C30H36N2O2/c1-3-30(4-2)19-31-16-9-17-32-25-18-21(29(33)34)14-15-22(25)26(20-10-6-5-7-11-20)28(32)23-12-8-13-24(30)27(23)31/h8,12-15,18,20H,3-7,9-11,16-17,19H2,1-2H3,(H,33,34). The molecule has 1 aromatic heterocycles. The van der Waals surface area contributed by atoms with Crippen molar-refractivity contribution in [1.82, 2.24) is 4.57 Å². The highest BCUT2D eigenvalue weighted by molar-refractivity contribution is 6.00. The lowest BCUT2D eigenvalue weighted by Crippen LogP contribution is -2.33. The van der Waals surface area contributed by atoms with E-state index in [1.807, 2.05) is 12.1 Å². The highest BCUT2D eigenvalue weighted by atomic mass is 16.4. The molecule has 1 saturated carbocycles. The van der Waals surface area contributed by atoms with Crippen LogP contribution in [0.15, 0.2) is 36.4 Å². The number of rotatable bonds is 4. The minimum atomic E-state index is -0.843. The molecule has 2 aliphatic heterocycles. The first kappa shape index (κ1) is 21.8. The van der Waals surface area contributed by atoms with E-state index in [4.69, 9.17) is 0 Å². The Morgan fingerprint density at radius 3 is 2.56 bits per heavy atom. The van der Waals surface area contributed by atoms with Gasteiger partial charge in [0.2, 0.25) is 0 Å². The quantitative estimate of drug-likeness (QED) is 0.447. The fourth-order valence-electron chi connectivity index (χ4n) is 7.33. The van der Waals surface area contributed by atoms with Crippen molar-refractivity contribution >= 4 is 22.6 Å². The van der Waals surface area contributed by atoms with Crippen LogP contribution in [0.1, 0.15) is 92.6 Å². The number of aryl methyl sites for hydroxylation is 1. The fourth-order valence-corrected chi connectivity index (χ4v) is 7.33. The molecule has 6 rings (SSSR count). The average Bonchev–Trinajstić information content (AvgIpc) is 3.36. The molecule has 34 heavy (non-hydrogen) atoms. The second-order valence-electron chi connectivity index (χ2n) is 10.8. The Balaban J connectivity index is 1.68. The van der Waals surface area contributed by atoms with Crippen LogP contribution in [-0.4, -0.2) is 28.7 Å². The molecule has 0 bridgehead atoms. The van der Waals surface area contributed by atoms with E-state index in [1.54, 1.807) is 0 Å². The average molecular weight is 457 g/mol. The van der Waals surface area contributed by atoms with E-state index in [0.29, 0.717) is 11.5 Å². The van der Waals surface area contributed by atoms with Crippen LogP contribution in [0.4, 0.5) is 5.69 Å². The van der Waals surface area contributed by atoms with Gasteiger partial charge in [-0.1, -0.05) is 57.4 Å². The first-order valence-electron chi connectivity index (χ1n) is 13.4. The summed E-state index contributed by atoms with van der Waals surface area (Å²) in [5, 5.41) is 11.0. The van der Waals surface area contributed by atoms with Crippen LogP contribution < -0.4 is 4.90 Å². The molecule has 0 saturated heterocycles. The number of para-hydroxylation sites is 1. The first-order chi connectivity index (χ1) is 16.6. The fraction of sp³-hybridized carbons (Fsp3) is 0.500. The number of carbonyl (C=O) groups is 1. The molecule has 178 valence electrons. The molecule has 0 spiro atoms. The highest BCUT2D eigenvalue weighted by Crippen LogP contribution is 2.53. The van der Waals surface area contributed by atoms with Crippen LogP contribution in [0.2, 0.25) is 0 Å². The van der Waals surface area contributed by atoms with Crippen molar-refractivity contribution in [2.75, 3.05) is 18.0 Å². The van der Waals surface area contributed by atoms with Crippen LogP contribution in [0.5, 0.6) is 0 Å². The molecule has 1 N–H and O–H groups in total. The van der Waals surface area contributed by atoms with E-state index in [2.05, 4.69) is 47.6 Å². The Bertz CT molecular complexity index is 1260. The third-order valence-corrected chi connectivity index (χ3v) is 9.20. The van der Waals surface area contributed by atoms with Crippen molar-refractivity contribution in [3.63, 3.8) is 0 Å². The lowest BCUT2D eigenvalue weighted by molar-refractivity contribution is 0.0697. The molecule has 2 aromatic carbocycles. The van der Waals surface area contributed by atoms with Crippen LogP contribution in [0, 0.1) is 0 Å². The van der Waals surface area contributed by atoms with Crippen molar-refractivity contribution < 1.29 is 9.90 Å². The largest absolute Gasteiger partial charge is 0.478 e. The summed E-state index contributed by atoms with van der Waals surface area (Å²) in [6.07, 6.45) is 9.79. The third-order valence-electron chi connectivity index (χ3n) is 9.20. The number of aromatic carboxylic acids is 1. The van der Waals surface area contributed by atoms with Gasteiger partial charge in [-0.3, -0.25) is 0 Å². The van der Waals surface area contributed by atoms with E-state index < -0.39 is 5.97 Å². The van der Waals surface area contributed by atoms with Crippen molar-refractivity contribution in [1.29, 1.82) is 0 Å². The minimum absolute atomic E-state index is 0.230. The maximum atomic E-state index is 11.9. The summed E-state index contributed by atoms with van der Waals surface area (Å²) < 4.78 is 2.48. The zero-order valence-electron chi connectivity index (χ0n) is 20.6. The van der Waals surface area contributed by atoms with Crippen molar-refractivity contribution in [2.24, 2.45) is 0 Å². The van der Waals surface area contributed by atoms with Gasteiger partial charge in [0.05, 0.1) is 11.3 Å². The van der Waals surface area contributed by atoms with E-state index in [9.17, 15) is 9.90 Å². The summed E-state index contributed by atoms with van der Waals surface area (Å²) in [6.45, 7) is 7.81. The number of hydrogen-bond acceptors (Lipinski definition) is 2. The van der Waals surface area contributed by atoms with Gasteiger partial charge in [-0.15, -0.1) is 0 Å². The summed E-state index contributed by atoms with van der Waals surface area (Å²) >= 11 is 0. The number of anilines is 1. The zero-order chi connectivity index (χ0) is 23.4. The molecule has 3 aromatic rings. The second kappa shape index (κ2) is 8.18. The summed E-state index contributed by atoms with van der Waals surface area (Å²) in [5.41, 5.74) is 8.92. The molecule has 1 fully saturated rings. The molecule has 0 amide bonds. The Hall–Kier alpha value is -2.75. The predicted molar refractivity (Wildman–Crippen MR) is 139 cm³/mol. The molecule has 1 aliphatic carbocycles. The van der Waals surface area contributed by atoms with Gasteiger partial charge >= 0.3 is 5.97 Å². The monoisotopic (exact) mass is 456 g/mol. The molecule has 4 heteroatoms. The van der Waals surface area contributed by atoms with Gasteiger partial charge in [0.15, 0.2) is 0 Å². The lowest BCUT2D eigenvalue weighted by Gasteiger charge is -2.29. The SMILES string of the molecule is CCC1(CC)CN2CCCn3c(c(C4CCCCC4)c4ccc(C(=O)O)cc43)-c3cccc1c32. The first-order valence-corrected chi connectivity index (χ1v) is 13.4. The Kier molecular flexibility index (Phi) is 5.24. The number of carboxylic acids is 1. The molecule has 0 unspecified atom stereocenters. The van der Waals surface area contributed by atoms with E-state index >= 15 is 0 Å². The Morgan fingerprint density at radius 2 is 1.82 bits per heavy atom. The molecular formula is C30H36N2O2. The van der Waals surface area contributed by atoms with Gasteiger partial charge in [-0.25, -0.2) is 4.79 Å². The van der Waals surface area contributed by atoms with Crippen molar-refractivity contribution in [3.05, 3.63) is 53.1 Å². The van der Waals surface area contributed by atoms with Gasteiger partial charge in [-0.05, 0) is 61.3 Å². The number of fused-ring (bicyclic) bond motifs is 4. The van der Waals surface area contributed by atoms with E-state index in [-0.39, 0.29) is 5.41 Å². The van der Waals surface area contributed by atoms with Crippen molar-refractivity contribution in [2.45, 2.75) is 83.1 Å². The Morgan fingerprint density at radius 1 is 1.03 bits per heavy atom. The minimum Gasteiger partial charge on any atom is -0.478 e. The highest BCUT2D eigenvalue weighted by Gasteiger charge is 2.42. The molecule has 3 aliphatic rings. The van der Waals surface area contributed by atoms with E-state index in [1.165, 1.54) is 65.6 Å². The van der Waals surface area contributed by atoms with Crippen LogP contribution >= 0.6 is 0 Å². The summed E-state index contributed by atoms with van der Waals surface area (Å²) in [4.78, 5) is 14.5. The molecule has 0 atom stereocenters. The number of nitrogens with zero attached hydrogens (tertiary/aromatic N) is 2. The maximum Gasteiger partial charge on any atom is 0.335 e. The number of benzene rings is 2. The van der Waals surface area contributed by atoms with Crippen molar-refractivity contribution in [3.8, 4) is 11.3 Å². The van der Waals surface area contributed by atoms with Gasteiger partial charge in [0.25, 0.3) is 0 Å². The maximum absolute atomic E-state index is 11.9. The van der Waals surface area contributed by atoms with Gasteiger partial charge < -0.3 is 14.6 Å². The van der Waals surface area contributed by atoms with Gasteiger partial charge in [0, 0.05) is 47.2 Å². The molecule has 0 radical (unpaired) electrons. The lowest BCUT2D eigenvalue weighted by atomic mass is 9.76. The molecular weight excluding hydrogens is 420 g/mol. The van der Waals surface area contributed by atoms with Crippen LogP contribution in [-0.2, 0) is 12.0 Å². The summed E-state index contributed by atoms with van der Waals surface area (Å²) in [5.74, 6) is -0.291. The third kappa shape index (κ3) is 3.07. The number of carboxylic acid groups (broad SMARTS) is 1. The second-order valence-corrected chi connectivity index (χ2v) is 10.8. The number of aromatic nitrogens is 1. The predicted octanol–water partition coefficient (Wildman–Crippen LogP) is 7.34. The summed E-state index contributed by atoms with van der Waals surface area (Å²) in [6, 6.07) is 12.8.